The molecular weight excluding hydrogens is 348 g/mol. The Morgan fingerprint density at radius 3 is 2.07 bits per heavy atom. The Balaban J connectivity index is 1.84. The fourth-order valence-electron chi connectivity index (χ4n) is 4.01. The first-order chi connectivity index (χ1) is 13.5. The molecular formula is C24H26N2O2. The summed E-state index contributed by atoms with van der Waals surface area (Å²) in [6, 6.07) is 13.6. The van der Waals surface area contributed by atoms with Crippen molar-refractivity contribution in [3.8, 4) is 0 Å². The zero-order valence-electron chi connectivity index (χ0n) is 16.8. The standard InChI is InChI=1S/C24H26N2O2/c1-16-7-11-20(12-8-16)26-23(27)21(19-10-9-17(2)18(3)15-19)22(24(26)28)25-13-5-4-6-14-25/h7-12,15H,4-6,13-14H2,1-3H3. The van der Waals surface area contributed by atoms with Crippen LogP contribution in [0.5, 0.6) is 0 Å². The maximum atomic E-state index is 13.5. The summed E-state index contributed by atoms with van der Waals surface area (Å²) in [5, 5.41) is 0. The first-order valence-corrected chi connectivity index (χ1v) is 9.99. The lowest BCUT2D eigenvalue weighted by molar-refractivity contribution is -0.120. The van der Waals surface area contributed by atoms with Gasteiger partial charge < -0.3 is 4.90 Å². The Bertz CT molecular complexity index is 967. The Kier molecular flexibility index (Phi) is 4.80. The number of likely N-dealkylation sites (tertiary alicyclic amines) is 1. The Labute approximate surface area is 166 Å². The number of piperidine rings is 1. The van der Waals surface area contributed by atoms with E-state index < -0.39 is 0 Å². The fraction of sp³-hybridized carbons (Fsp3) is 0.333. The van der Waals surface area contributed by atoms with Crippen molar-refractivity contribution >= 4 is 23.1 Å². The van der Waals surface area contributed by atoms with E-state index in [1.165, 1.54) is 16.9 Å². The largest absolute Gasteiger partial charge is 0.366 e. The second-order valence-corrected chi connectivity index (χ2v) is 7.85. The summed E-state index contributed by atoms with van der Waals surface area (Å²) in [7, 11) is 0. The molecule has 0 N–H and O–H groups in total. The zero-order chi connectivity index (χ0) is 19.8. The SMILES string of the molecule is Cc1ccc(N2C(=O)C(c3ccc(C)c(C)c3)=C(N3CCCCC3)C2=O)cc1. The van der Waals surface area contributed by atoms with Crippen molar-refractivity contribution in [1.29, 1.82) is 0 Å². The highest BCUT2D eigenvalue weighted by Crippen LogP contribution is 2.36. The predicted molar refractivity (Wildman–Crippen MR) is 112 cm³/mol. The highest BCUT2D eigenvalue weighted by Gasteiger charge is 2.42. The van der Waals surface area contributed by atoms with Crippen LogP contribution in [0.4, 0.5) is 5.69 Å². The molecule has 0 saturated carbocycles. The molecule has 0 unspecified atom stereocenters. The molecule has 28 heavy (non-hydrogen) atoms. The van der Waals surface area contributed by atoms with E-state index >= 15 is 0 Å². The monoisotopic (exact) mass is 374 g/mol. The Morgan fingerprint density at radius 1 is 0.750 bits per heavy atom. The van der Waals surface area contributed by atoms with Crippen LogP contribution in [0.25, 0.3) is 5.57 Å². The van der Waals surface area contributed by atoms with Crippen molar-refractivity contribution < 1.29 is 9.59 Å². The number of carbonyl (C=O) groups excluding carboxylic acids is 2. The number of hydrogen-bond acceptors (Lipinski definition) is 3. The van der Waals surface area contributed by atoms with Crippen LogP contribution in [0.1, 0.15) is 41.5 Å². The third-order valence-electron chi connectivity index (χ3n) is 5.82. The number of nitrogens with zero attached hydrogens (tertiary/aromatic N) is 2. The smallest absolute Gasteiger partial charge is 0.282 e. The highest BCUT2D eigenvalue weighted by atomic mass is 16.2. The van der Waals surface area contributed by atoms with Crippen LogP contribution in [-0.2, 0) is 9.59 Å². The van der Waals surface area contributed by atoms with Gasteiger partial charge in [0.2, 0.25) is 0 Å². The predicted octanol–water partition coefficient (Wildman–Crippen LogP) is 4.38. The molecule has 0 spiro atoms. The van der Waals surface area contributed by atoms with Crippen molar-refractivity contribution in [3.63, 3.8) is 0 Å². The summed E-state index contributed by atoms with van der Waals surface area (Å²) >= 11 is 0. The van der Waals surface area contributed by atoms with Crippen molar-refractivity contribution in [3.05, 3.63) is 70.4 Å². The molecule has 0 radical (unpaired) electrons. The van der Waals surface area contributed by atoms with E-state index in [1.54, 1.807) is 0 Å². The van der Waals surface area contributed by atoms with Gasteiger partial charge in [-0.15, -0.1) is 0 Å². The maximum Gasteiger partial charge on any atom is 0.282 e. The van der Waals surface area contributed by atoms with Gasteiger partial charge in [0.15, 0.2) is 0 Å². The average molecular weight is 374 g/mol. The van der Waals surface area contributed by atoms with E-state index in [4.69, 9.17) is 0 Å². The molecule has 4 heteroatoms. The van der Waals surface area contributed by atoms with Crippen molar-refractivity contribution in [1.82, 2.24) is 4.90 Å². The van der Waals surface area contributed by atoms with Gasteiger partial charge in [-0.25, -0.2) is 4.90 Å². The topological polar surface area (TPSA) is 40.6 Å². The third-order valence-corrected chi connectivity index (χ3v) is 5.82. The number of rotatable bonds is 3. The fourth-order valence-corrected chi connectivity index (χ4v) is 4.01. The van der Waals surface area contributed by atoms with Gasteiger partial charge in [0.1, 0.15) is 5.70 Å². The van der Waals surface area contributed by atoms with E-state index in [1.807, 2.05) is 56.3 Å². The first-order valence-electron chi connectivity index (χ1n) is 9.99. The van der Waals surface area contributed by atoms with Gasteiger partial charge in [-0.1, -0.05) is 35.9 Å². The minimum atomic E-state index is -0.224. The molecule has 2 heterocycles. The number of amides is 2. The summed E-state index contributed by atoms with van der Waals surface area (Å²) in [5.41, 5.74) is 5.96. The minimum Gasteiger partial charge on any atom is -0.366 e. The van der Waals surface area contributed by atoms with Crippen LogP contribution < -0.4 is 4.90 Å². The number of carbonyl (C=O) groups is 2. The van der Waals surface area contributed by atoms with Crippen LogP contribution in [0.15, 0.2) is 48.2 Å². The quantitative estimate of drug-likeness (QED) is 0.749. The molecule has 2 amide bonds. The van der Waals surface area contributed by atoms with E-state index in [0.717, 1.165) is 42.6 Å². The molecule has 4 rings (SSSR count). The van der Waals surface area contributed by atoms with Crippen LogP contribution in [0.3, 0.4) is 0 Å². The van der Waals surface area contributed by atoms with Gasteiger partial charge in [0.25, 0.3) is 11.8 Å². The van der Waals surface area contributed by atoms with Crippen LogP contribution in [0, 0.1) is 20.8 Å². The average Bonchev–Trinajstić information content (AvgIpc) is 2.96. The third kappa shape index (κ3) is 3.13. The van der Waals surface area contributed by atoms with Gasteiger partial charge in [-0.2, -0.15) is 0 Å². The molecule has 2 aliphatic heterocycles. The molecule has 144 valence electrons. The lowest BCUT2D eigenvalue weighted by atomic mass is 9.98. The second kappa shape index (κ2) is 7.27. The van der Waals surface area contributed by atoms with E-state index in [-0.39, 0.29) is 11.8 Å². The van der Waals surface area contributed by atoms with E-state index in [2.05, 4.69) is 11.8 Å². The summed E-state index contributed by atoms with van der Waals surface area (Å²) < 4.78 is 0. The summed E-state index contributed by atoms with van der Waals surface area (Å²) in [6.07, 6.45) is 3.28. The van der Waals surface area contributed by atoms with E-state index in [0.29, 0.717) is 17.0 Å². The molecule has 0 aliphatic carbocycles. The van der Waals surface area contributed by atoms with Gasteiger partial charge in [0.05, 0.1) is 11.3 Å². The molecule has 1 saturated heterocycles. The number of anilines is 1. The van der Waals surface area contributed by atoms with Crippen molar-refractivity contribution in [2.24, 2.45) is 0 Å². The van der Waals surface area contributed by atoms with E-state index in [9.17, 15) is 9.59 Å². The summed E-state index contributed by atoms with van der Waals surface area (Å²) in [6.45, 7) is 7.74. The molecule has 2 aromatic rings. The normalized spacial score (nSPS) is 17.7. The molecule has 1 fully saturated rings. The summed E-state index contributed by atoms with van der Waals surface area (Å²) in [5.74, 6) is -0.429. The first kappa shape index (κ1) is 18.5. The molecule has 0 atom stereocenters. The van der Waals surface area contributed by atoms with Crippen molar-refractivity contribution in [2.45, 2.75) is 40.0 Å². The number of imide groups is 1. The second-order valence-electron chi connectivity index (χ2n) is 7.85. The Hall–Kier alpha value is -2.88. The molecule has 2 aliphatic rings. The summed E-state index contributed by atoms with van der Waals surface area (Å²) in [4.78, 5) is 30.4. The zero-order valence-corrected chi connectivity index (χ0v) is 16.8. The van der Waals surface area contributed by atoms with Gasteiger partial charge >= 0.3 is 0 Å². The maximum absolute atomic E-state index is 13.5. The van der Waals surface area contributed by atoms with Gasteiger partial charge in [-0.3, -0.25) is 9.59 Å². The van der Waals surface area contributed by atoms with Gasteiger partial charge in [-0.05, 0) is 68.9 Å². The molecule has 0 bridgehead atoms. The molecule has 4 nitrogen and oxygen atoms in total. The van der Waals surface area contributed by atoms with Crippen LogP contribution in [-0.4, -0.2) is 29.8 Å². The van der Waals surface area contributed by atoms with Crippen LogP contribution in [0.2, 0.25) is 0 Å². The van der Waals surface area contributed by atoms with Crippen LogP contribution >= 0.6 is 0 Å². The lowest BCUT2D eigenvalue weighted by Crippen LogP contribution is -2.37. The lowest BCUT2D eigenvalue weighted by Gasteiger charge is -2.29. The number of aryl methyl sites for hydroxylation is 3. The molecule has 2 aromatic carbocycles. The van der Waals surface area contributed by atoms with Crippen molar-refractivity contribution in [2.75, 3.05) is 18.0 Å². The minimum absolute atomic E-state index is 0.205. The Morgan fingerprint density at radius 2 is 1.43 bits per heavy atom. The molecule has 0 aromatic heterocycles. The number of hydrogen-bond donors (Lipinski definition) is 0. The van der Waals surface area contributed by atoms with Gasteiger partial charge in [0, 0.05) is 13.1 Å². The number of benzene rings is 2. The highest BCUT2D eigenvalue weighted by molar-refractivity contribution is 6.45.